The van der Waals surface area contributed by atoms with Crippen molar-refractivity contribution in [3.05, 3.63) is 89.4 Å². The summed E-state index contributed by atoms with van der Waals surface area (Å²) >= 11 is 0. The fourth-order valence-electron chi connectivity index (χ4n) is 3.71. The van der Waals surface area contributed by atoms with Gasteiger partial charge < -0.3 is 4.57 Å². The van der Waals surface area contributed by atoms with Crippen molar-refractivity contribution < 1.29 is 0 Å². The monoisotopic (exact) mass is 381 g/mol. The lowest BCUT2D eigenvalue weighted by molar-refractivity contribution is 0.590. The molecule has 29 heavy (non-hydrogen) atoms. The lowest BCUT2D eigenvalue weighted by Gasteiger charge is -2.20. The summed E-state index contributed by atoms with van der Waals surface area (Å²) in [6.07, 6.45) is 3.77. The minimum absolute atomic E-state index is 0.159. The summed E-state index contributed by atoms with van der Waals surface area (Å²) in [5, 5.41) is 1.10. The van der Waals surface area contributed by atoms with E-state index in [1.807, 2.05) is 30.6 Å². The third-order valence-electron chi connectivity index (χ3n) is 5.40. The topological polar surface area (TPSA) is 30.2 Å². The predicted molar refractivity (Wildman–Crippen MR) is 123 cm³/mol. The van der Waals surface area contributed by atoms with E-state index in [1.165, 1.54) is 22.6 Å². The highest BCUT2D eigenvalue weighted by atomic mass is 15.0. The predicted octanol–water partition coefficient (Wildman–Crippen LogP) is 6.69. The van der Waals surface area contributed by atoms with Crippen molar-refractivity contribution >= 4 is 22.8 Å². The minimum atomic E-state index is 0.159. The van der Waals surface area contributed by atoms with Crippen LogP contribution in [0.4, 0.5) is 5.69 Å². The van der Waals surface area contributed by atoms with E-state index in [4.69, 9.17) is 4.99 Å². The number of pyridine rings is 1. The molecule has 0 radical (unpaired) electrons. The van der Waals surface area contributed by atoms with Gasteiger partial charge in [-0.1, -0.05) is 39.0 Å². The highest BCUT2D eigenvalue weighted by molar-refractivity contribution is 5.87. The van der Waals surface area contributed by atoms with Crippen molar-refractivity contribution in [3.8, 4) is 5.69 Å². The molecule has 0 bridgehead atoms. The molecule has 2 heterocycles. The lowest BCUT2D eigenvalue weighted by atomic mass is 9.87. The molecule has 4 rings (SSSR count). The van der Waals surface area contributed by atoms with Gasteiger partial charge in [0.05, 0.1) is 11.2 Å². The molecule has 2 aromatic carbocycles. The van der Waals surface area contributed by atoms with Gasteiger partial charge in [-0.25, -0.2) is 0 Å². The molecule has 0 amide bonds. The highest BCUT2D eigenvalue weighted by Crippen LogP contribution is 2.26. The summed E-state index contributed by atoms with van der Waals surface area (Å²) in [6.45, 7) is 11.0. The number of hydrogen-bond acceptors (Lipinski definition) is 2. The van der Waals surface area contributed by atoms with Crippen LogP contribution in [0.2, 0.25) is 0 Å². The molecule has 3 nitrogen and oxygen atoms in total. The SMILES string of the molecule is Cc1cc(C=Nc2ccc3ncccc3c2)c(C)n1-c1ccc(C(C)(C)C)cc1. The molecule has 0 fully saturated rings. The minimum Gasteiger partial charge on any atom is -0.318 e. The van der Waals surface area contributed by atoms with Gasteiger partial charge in [-0.2, -0.15) is 0 Å². The first-order valence-electron chi connectivity index (χ1n) is 10.0. The number of rotatable bonds is 3. The lowest BCUT2D eigenvalue weighted by Crippen LogP contribution is -2.11. The first kappa shape index (κ1) is 19.1. The van der Waals surface area contributed by atoms with Crippen LogP contribution in [0.25, 0.3) is 16.6 Å². The van der Waals surface area contributed by atoms with Gasteiger partial charge in [0.15, 0.2) is 0 Å². The Hall–Kier alpha value is -3.20. The number of hydrogen-bond donors (Lipinski definition) is 0. The molecule has 0 aliphatic carbocycles. The molecule has 146 valence electrons. The number of fused-ring (bicyclic) bond motifs is 1. The average molecular weight is 382 g/mol. The Morgan fingerprint density at radius 3 is 2.41 bits per heavy atom. The Balaban J connectivity index is 1.65. The van der Waals surface area contributed by atoms with Crippen LogP contribution in [0.1, 0.15) is 43.3 Å². The highest BCUT2D eigenvalue weighted by Gasteiger charge is 2.14. The quantitative estimate of drug-likeness (QED) is 0.364. The maximum Gasteiger partial charge on any atom is 0.0703 e. The average Bonchev–Trinajstić information content (AvgIpc) is 2.99. The standard InChI is InChI=1S/C26H27N3/c1-18-15-21(17-28-23-10-13-25-20(16-23)7-6-14-27-25)19(2)29(18)24-11-8-22(9-12-24)26(3,4)5/h6-17H,1-5H3. The Bertz CT molecular complexity index is 1190. The molecule has 0 aliphatic rings. The molecule has 0 unspecified atom stereocenters. The van der Waals surface area contributed by atoms with Crippen LogP contribution in [-0.2, 0) is 5.41 Å². The van der Waals surface area contributed by atoms with Gasteiger partial charge in [-0.05, 0) is 67.3 Å². The smallest absolute Gasteiger partial charge is 0.0703 e. The van der Waals surface area contributed by atoms with Gasteiger partial charge in [-0.15, -0.1) is 0 Å². The van der Waals surface area contributed by atoms with Gasteiger partial charge in [0, 0.05) is 40.4 Å². The summed E-state index contributed by atoms with van der Waals surface area (Å²) in [6, 6.07) is 21.2. The zero-order valence-corrected chi connectivity index (χ0v) is 17.8. The Morgan fingerprint density at radius 1 is 0.931 bits per heavy atom. The molecular weight excluding hydrogens is 354 g/mol. The molecule has 4 aromatic rings. The van der Waals surface area contributed by atoms with Crippen LogP contribution in [0.3, 0.4) is 0 Å². The van der Waals surface area contributed by atoms with Crippen molar-refractivity contribution in [1.29, 1.82) is 0 Å². The fraction of sp³-hybridized carbons (Fsp3) is 0.231. The van der Waals surface area contributed by atoms with Crippen molar-refractivity contribution in [2.45, 2.75) is 40.0 Å². The van der Waals surface area contributed by atoms with Gasteiger partial charge in [-0.3, -0.25) is 9.98 Å². The number of aliphatic imine (C=N–C) groups is 1. The second-order valence-electron chi connectivity index (χ2n) is 8.60. The van der Waals surface area contributed by atoms with Crippen LogP contribution in [0, 0.1) is 13.8 Å². The molecule has 0 N–H and O–H groups in total. The normalized spacial score (nSPS) is 12.2. The Labute approximate surface area is 172 Å². The van der Waals surface area contributed by atoms with E-state index >= 15 is 0 Å². The maximum atomic E-state index is 4.72. The number of benzene rings is 2. The Morgan fingerprint density at radius 2 is 1.69 bits per heavy atom. The van der Waals surface area contributed by atoms with E-state index in [0.29, 0.717) is 0 Å². The van der Waals surface area contributed by atoms with Crippen LogP contribution in [0.15, 0.2) is 71.9 Å². The molecule has 0 saturated carbocycles. The zero-order chi connectivity index (χ0) is 20.6. The van der Waals surface area contributed by atoms with E-state index < -0.39 is 0 Å². The van der Waals surface area contributed by atoms with E-state index in [0.717, 1.165) is 22.2 Å². The summed E-state index contributed by atoms with van der Waals surface area (Å²) in [5.74, 6) is 0. The van der Waals surface area contributed by atoms with E-state index in [9.17, 15) is 0 Å². The first-order valence-corrected chi connectivity index (χ1v) is 10.0. The molecular formula is C26H27N3. The third-order valence-corrected chi connectivity index (χ3v) is 5.40. The largest absolute Gasteiger partial charge is 0.318 e. The van der Waals surface area contributed by atoms with Gasteiger partial charge in [0.25, 0.3) is 0 Å². The van der Waals surface area contributed by atoms with Crippen LogP contribution >= 0.6 is 0 Å². The second-order valence-corrected chi connectivity index (χ2v) is 8.60. The van der Waals surface area contributed by atoms with Crippen molar-refractivity contribution in [3.63, 3.8) is 0 Å². The molecule has 2 aromatic heterocycles. The van der Waals surface area contributed by atoms with E-state index in [-0.39, 0.29) is 5.41 Å². The summed E-state index contributed by atoms with van der Waals surface area (Å²) in [4.78, 5) is 9.09. The van der Waals surface area contributed by atoms with E-state index in [2.05, 4.69) is 86.6 Å². The first-order chi connectivity index (χ1) is 13.8. The van der Waals surface area contributed by atoms with Gasteiger partial charge >= 0.3 is 0 Å². The summed E-state index contributed by atoms with van der Waals surface area (Å²) in [5.41, 5.74) is 8.14. The van der Waals surface area contributed by atoms with Crippen LogP contribution < -0.4 is 0 Å². The summed E-state index contributed by atoms with van der Waals surface area (Å²) < 4.78 is 2.29. The maximum absolute atomic E-state index is 4.72. The molecule has 0 spiro atoms. The molecule has 0 atom stereocenters. The number of aryl methyl sites for hydroxylation is 1. The molecule has 3 heteroatoms. The second kappa shape index (κ2) is 7.32. The van der Waals surface area contributed by atoms with Crippen molar-refractivity contribution in [2.24, 2.45) is 4.99 Å². The molecule has 0 saturated heterocycles. The summed E-state index contributed by atoms with van der Waals surface area (Å²) in [7, 11) is 0. The Kier molecular flexibility index (Phi) is 4.83. The van der Waals surface area contributed by atoms with E-state index in [1.54, 1.807) is 0 Å². The van der Waals surface area contributed by atoms with Crippen molar-refractivity contribution in [1.82, 2.24) is 9.55 Å². The van der Waals surface area contributed by atoms with Gasteiger partial charge in [0.2, 0.25) is 0 Å². The van der Waals surface area contributed by atoms with Crippen LogP contribution in [-0.4, -0.2) is 15.8 Å². The number of nitrogens with zero attached hydrogens (tertiary/aromatic N) is 3. The third kappa shape index (κ3) is 3.86. The molecule has 0 aliphatic heterocycles. The van der Waals surface area contributed by atoms with Crippen LogP contribution in [0.5, 0.6) is 0 Å². The van der Waals surface area contributed by atoms with Gasteiger partial charge in [0.1, 0.15) is 0 Å². The zero-order valence-electron chi connectivity index (χ0n) is 17.8. The number of aromatic nitrogens is 2. The van der Waals surface area contributed by atoms with Crippen molar-refractivity contribution in [2.75, 3.05) is 0 Å². The fourth-order valence-corrected chi connectivity index (χ4v) is 3.71.